The molecule has 0 spiro atoms. The van der Waals surface area contributed by atoms with Crippen LogP contribution in [0.4, 0.5) is 24.7 Å². The van der Waals surface area contributed by atoms with E-state index in [9.17, 15) is 22.8 Å². The fraction of sp³-hybridized carbons (Fsp3) is 0.227. The first-order chi connectivity index (χ1) is 18.6. The molecule has 17 heteroatoms. The van der Waals surface area contributed by atoms with Crippen molar-refractivity contribution in [3.8, 4) is 5.69 Å². The van der Waals surface area contributed by atoms with Gasteiger partial charge in [-0.3, -0.25) is 14.6 Å². The highest BCUT2D eigenvalue weighted by atomic mass is 19.4. The van der Waals surface area contributed by atoms with Crippen molar-refractivity contribution < 1.29 is 32.7 Å². The lowest BCUT2D eigenvalue weighted by molar-refractivity contribution is -0.192. The number of nitrogens with two attached hydrogens (primary N) is 1. The number of carboxylic acids is 1. The summed E-state index contributed by atoms with van der Waals surface area (Å²) in [5.74, 6) is -3.18. The van der Waals surface area contributed by atoms with Crippen LogP contribution in [0.15, 0.2) is 49.2 Å². The zero-order valence-corrected chi connectivity index (χ0v) is 20.0. The number of hydrogen-bond donors (Lipinski definition) is 4. The van der Waals surface area contributed by atoms with Gasteiger partial charge in [-0.15, -0.1) is 0 Å². The van der Waals surface area contributed by atoms with Crippen LogP contribution in [0.1, 0.15) is 20.8 Å². The van der Waals surface area contributed by atoms with Crippen LogP contribution in [0.5, 0.6) is 0 Å². The number of alkyl halides is 3. The molecule has 0 saturated carbocycles. The summed E-state index contributed by atoms with van der Waals surface area (Å²) >= 11 is 0. The van der Waals surface area contributed by atoms with E-state index in [1.54, 1.807) is 30.7 Å². The number of anilines is 2. The molecule has 0 unspecified atom stereocenters. The minimum Gasteiger partial charge on any atom is -0.475 e. The van der Waals surface area contributed by atoms with Gasteiger partial charge in [0, 0.05) is 44.8 Å². The van der Waals surface area contributed by atoms with Crippen LogP contribution in [0, 0.1) is 0 Å². The Labute approximate surface area is 217 Å². The fourth-order valence-corrected chi connectivity index (χ4v) is 3.64. The van der Waals surface area contributed by atoms with Crippen molar-refractivity contribution >= 4 is 34.9 Å². The lowest BCUT2D eigenvalue weighted by Gasteiger charge is -2.28. The molecular formula is C22H21F3N10O4. The van der Waals surface area contributed by atoms with Crippen molar-refractivity contribution in [2.24, 2.45) is 5.73 Å². The zero-order chi connectivity index (χ0) is 28.2. The van der Waals surface area contributed by atoms with E-state index in [-0.39, 0.29) is 16.9 Å². The normalized spacial score (nSPS) is 13.5. The molecule has 0 radical (unpaired) electrons. The smallest absolute Gasteiger partial charge is 0.475 e. The van der Waals surface area contributed by atoms with Gasteiger partial charge < -0.3 is 26.4 Å². The van der Waals surface area contributed by atoms with E-state index < -0.39 is 24.0 Å². The highest BCUT2D eigenvalue weighted by Crippen LogP contribution is 2.21. The summed E-state index contributed by atoms with van der Waals surface area (Å²) in [5.41, 5.74) is 7.10. The second-order valence-electron chi connectivity index (χ2n) is 7.99. The molecule has 1 aliphatic rings. The zero-order valence-electron chi connectivity index (χ0n) is 20.0. The highest BCUT2D eigenvalue weighted by molar-refractivity contribution is 6.11. The molecule has 0 bridgehead atoms. The van der Waals surface area contributed by atoms with Gasteiger partial charge in [0.1, 0.15) is 11.4 Å². The van der Waals surface area contributed by atoms with E-state index in [0.717, 1.165) is 32.0 Å². The molecule has 204 valence electrons. The topological polar surface area (TPSA) is 186 Å². The van der Waals surface area contributed by atoms with Gasteiger partial charge in [-0.05, 0) is 18.2 Å². The van der Waals surface area contributed by atoms with Gasteiger partial charge in [0.15, 0.2) is 11.3 Å². The summed E-state index contributed by atoms with van der Waals surface area (Å²) in [4.78, 5) is 44.9. The van der Waals surface area contributed by atoms with Crippen LogP contribution in [0.25, 0.3) is 11.3 Å². The van der Waals surface area contributed by atoms with Gasteiger partial charge in [0.25, 0.3) is 11.8 Å². The van der Waals surface area contributed by atoms with E-state index in [0.29, 0.717) is 11.3 Å². The maximum absolute atomic E-state index is 13.1. The predicted octanol–water partition coefficient (Wildman–Crippen LogP) is 0.704. The van der Waals surface area contributed by atoms with Gasteiger partial charge in [-0.25, -0.2) is 19.0 Å². The largest absolute Gasteiger partial charge is 0.490 e. The first-order valence-corrected chi connectivity index (χ1v) is 11.3. The first kappa shape index (κ1) is 27.0. The number of pyridine rings is 1. The number of fused-ring (bicyclic) bond motifs is 1. The second kappa shape index (κ2) is 11.1. The molecule has 5 rings (SSSR count). The minimum atomic E-state index is -5.08. The Morgan fingerprint density at radius 2 is 1.72 bits per heavy atom. The number of hydrogen-bond acceptors (Lipinski definition) is 9. The maximum Gasteiger partial charge on any atom is 0.490 e. The van der Waals surface area contributed by atoms with Gasteiger partial charge in [-0.1, -0.05) is 0 Å². The maximum atomic E-state index is 13.1. The molecule has 1 saturated heterocycles. The molecule has 0 atom stereocenters. The molecule has 1 aliphatic heterocycles. The number of carbonyl (C=O) groups excluding carboxylic acids is 2. The number of piperazine rings is 1. The standard InChI is InChI=1S/C20H20N10O2.C2HF3O2/c21-18(31)17-15(12-25-30(17)13-1-4-22-5-2-13)26-20(32)14-11-24-29-8-3-16(27-19(14)29)28-9-6-23-7-10-28;3-2(4,5)1(6)7/h1-5,8,11-12,23H,6-7,9-10H2,(H2,21,31)(H,26,32);(H,6,7). The fourth-order valence-electron chi connectivity index (χ4n) is 3.64. The highest BCUT2D eigenvalue weighted by Gasteiger charge is 2.38. The van der Waals surface area contributed by atoms with Crippen LogP contribution >= 0.6 is 0 Å². The lowest BCUT2D eigenvalue weighted by Crippen LogP contribution is -2.43. The van der Waals surface area contributed by atoms with E-state index in [4.69, 9.17) is 15.6 Å². The van der Waals surface area contributed by atoms with Crippen molar-refractivity contribution in [2.45, 2.75) is 6.18 Å². The summed E-state index contributed by atoms with van der Waals surface area (Å²) in [6.07, 6.45) is 2.65. The molecule has 1 fully saturated rings. The summed E-state index contributed by atoms with van der Waals surface area (Å²) in [5, 5.41) is 21.6. The van der Waals surface area contributed by atoms with Crippen LogP contribution in [0.3, 0.4) is 0 Å². The number of primary amides is 1. The quantitative estimate of drug-likeness (QED) is 0.278. The van der Waals surface area contributed by atoms with Crippen molar-refractivity contribution in [1.82, 2.24) is 34.7 Å². The average Bonchev–Trinajstić information content (AvgIpc) is 3.53. The van der Waals surface area contributed by atoms with E-state index >= 15 is 0 Å². The van der Waals surface area contributed by atoms with E-state index in [2.05, 4.69) is 35.7 Å². The van der Waals surface area contributed by atoms with E-state index in [1.807, 2.05) is 6.07 Å². The van der Waals surface area contributed by atoms with Crippen molar-refractivity contribution in [3.63, 3.8) is 0 Å². The van der Waals surface area contributed by atoms with Gasteiger partial charge in [-0.2, -0.15) is 23.4 Å². The number of rotatable bonds is 5. The molecule has 4 aromatic rings. The third-order valence-corrected chi connectivity index (χ3v) is 5.44. The Bertz CT molecular complexity index is 1500. The molecule has 4 aromatic heterocycles. The predicted molar refractivity (Wildman–Crippen MR) is 130 cm³/mol. The number of nitrogens with one attached hydrogen (secondary N) is 2. The summed E-state index contributed by atoms with van der Waals surface area (Å²) in [7, 11) is 0. The Morgan fingerprint density at radius 1 is 1.05 bits per heavy atom. The third-order valence-electron chi connectivity index (χ3n) is 5.44. The Hall–Kier alpha value is -5.06. The van der Waals surface area contributed by atoms with Crippen LogP contribution in [-0.2, 0) is 4.79 Å². The Kier molecular flexibility index (Phi) is 7.70. The van der Waals surface area contributed by atoms with Gasteiger partial charge >= 0.3 is 12.1 Å². The van der Waals surface area contributed by atoms with Gasteiger partial charge in [0.05, 0.1) is 23.8 Å². The second-order valence-corrected chi connectivity index (χ2v) is 7.99. The van der Waals surface area contributed by atoms with E-state index in [1.165, 1.54) is 21.6 Å². The lowest BCUT2D eigenvalue weighted by atomic mass is 10.2. The number of amides is 2. The van der Waals surface area contributed by atoms with Crippen molar-refractivity contribution in [1.29, 1.82) is 0 Å². The van der Waals surface area contributed by atoms with Crippen LogP contribution in [0.2, 0.25) is 0 Å². The number of carbonyl (C=O) groups is 3. The van der Waals surface area contributed by atoms with Crippen molar-refractivity contribution in [2.75, 3.05) is 36.4 Å². The molecular weight excluding hydrogens is 525 g/mol. The average molecular weight is 546 g/mol. The van der Waals surface area contributed by atoms with Gasteiger partial charge in [0.2, 0.25) is 0 Å². The summed E-state index contributed by atoms with van der Waals surface area (Å²) in [6.45, 7) is 3.40. The Morgan fingerprint density at radius 3 is 2.33 bits per heavy atom. The Balaban J connectivity index is 0.000000448. The van der Waals surface area contributed by atoms with Crippen LogP contribution < -0.4 is 21.3 Å². The first-order valence-electron chi connectivity index (χ1n) is 11.3. The molecule has 2 amide bonds. The number of aliphatic carboxylic acids is 1. The minimum absolute atomic E-state index is 0.0514. The number of halogens is 3. The molecule has 5 N–H and O–H groups in total. The third kappa shape index (κ3) is 6.09. The SMILES string of the molecule is NC(=O)c1c(NC(=O)c2cnn3ccc(N4CCNCC4)nc23)cnn1-c1ccncc1.O=C(O)C(F)(F)F. The number of aromatic nitrogens is 6. The monoisotopic (exact) mass is 546 g/mol. The number of carboxylic acid groups (broad SMARTS) is 1. The van der Waals surface area contributed by atoms with Crippen LogP contribution in [-0.4, -0.2) is 84.6 Å². The molecule has 5 heterocycles. The number of nitrogens with zero attached hydrogens (tertiary/aromatic N) is 7. The molecule has 14 nitrogen and oxygen atoms in total. The summed E-state index contributed by atoms with van der Waals surface area (Å²) < 4.78 is 34.6. The molecule has 0 aromatic carbocycles. The molecule has 39 heavy (non-hydrogen) atoms. The summed E-state index contributed by atoms with van der Waals surface area (Å²) in [6, 6.07) is 5.23. The van der Waals surface area contributed by atoms with Crippen molar-refractivity contribution in [3.05, 3.63) is 60.4 Å². The molecule has 0 aliphatic carbocycles.